The van der Waals surface area contributed by atoms with Gasteiger partial charge in [0.2, 0.25) is 5.91 Å². The summed E-state index contributed by atoms with van der Waals surface area (Å²) < 4.78 is 32.2. The Morgan fingerprint density at radius 1 is 1.28 bits per heavy atom. The third-order valence-corrected chi connectivity index (χ3v) is 5.69. The molecule has 1 aromatic rings. The first-order valence-electron chi connectivity index (χ1n) is 10.0. The van der Waals surface area contributed by atoms with E-state index in [2.05, 4.69) is 15.3 Å². The van der Waals surface area contributed by atoms with Crippen LogP contribution in [0.2, 0.25) is 0 Å². The fourth-order valence-electron chi connectivity index (χ4n) is 3.47. The van der Waals surface area contributed by atoms with Gasteiger partial charge in [-0.25, -0.2) is 18.7 Å². The van der Waals surface area contributed by atoms with Crippen LogP contribution in [-0.2, 0) is 4.79 Å². The average molecular weight is 409 g/mol. The number of carbonyl (C=O) groups is 2. The van der Waals surface area contributed by atoms with Gasteiger partial charge in [-0.3, -0.25) is 9.59 Å². The predicted octanol–water partition coefficient (Wildman–Crippen LogP) is 1.49. The quantitative estimate of drug-likeness (QED) is 0.640. The minimum absolute atomic E-state index is 0.0355. The highest BCUT2D eigenvalue weighted by molar-refractivity contribution is 5.95. The fourth-order valence-corrected chi connectivity index (χ4v) is 3.47. The predicted molar refractivity (Wildman–Crippen MR) is 99.8 cm³/mol. The smallest absolute Gasteiger partial charge is 0.282 e. The highest BCUT2D eigenvalue weighted by Crippen LogP contribution is 2.36. The number of nitrogens with one attached hydrogen (secondary N) is 1. The lowest BCUT2D eigenvalue weighted by molar-refractivity contribution is -0.120. The highest BCUT2D eigenvalue weighted by atomic mass is 19.3. The van der Waals surface area contributed by atoms with E-state index in [9.17, 15) is 18.4 Å². The monoisotopic (exact) mass is 409 g/mol. The second kappa shape index (κ2) is 7.72. The van der Waals surface area contributed by atoms with Crippen molar-refractivity contribution in [2.24, 2.45) is 17.6 Å². The first kappa shape index (κ1) is 19.8. The van der Waals surface area contributed by atoms with Crippen molar-refractivity contribution >= 4 is 17.6 Å². The number of amides is 2. The number of rotatable bonds is 9. The van der Waals surface area contributed by atoms with Gasteiger partial charge in [-0.2, -0.15) is 0 Å². The third-order valence-electron chi connectivity index (χ3n) is 5.69. The van der Waals surface area contributed by atoms with Crippen LogP contribution in [0.5, 0.6) is 5.88 Å². The molecule has 0 bridgehead atoms. The fraction of sp³-hybridized carbons (Fsp3) is 0.684. The molecule has 1 atom stereocenters. The molecule has 3 fully saturated rings. The van der Waals surface area contributed by atoms with Gasteiger partial charge >= 0.3 is 0 Å². The van der Waals surface area contributed by atoms with Crippen molar-refractivity contribution in [3.63, 3.8) is 0 Å². The maximum atomic E-state index is 13.3. The summed E-state index contributed by atoms with van der Waals surface area (Å²) in [5.74, 6) is -2.88. The Bertz CT molecular complexity index is 790. The van der Waals surface area contributed by atoms with Gasteiger partial charge in [0, 0.05) is 0 Å². The van der Waals surface area contributed by atoms with Crippen molar-refractivity contribution in [1.82, 2.24) is 15.3 Å². The van der Waals surface area contributed by atoms with Crippen LogP contribution in [-0.4, -0.2) is 53.4 Å². The highest BCUT2D eigenvalue weighted by Gasteiger charge is 2.46. The summed E-state index contributed by atoms with van der Waals surface area (Å²) in [5.41, 5.74) is 5.40. The summed E-state index contributed by atoms with van der Waals surface area (Å²) in [4.78, 5) is 34.1. The molecule has 1 aromatic heterocycles. The van der Waals surface area contributed by atoms with Crippen molar-refractivity contribution in [3.8, 4) is 5.88 Å². The van der Waals surface area contributed by atoms with Crippen molar-refractivity contribution < 1.29 is 23.1 Å². The SMILES string of the molecule is NC(=O)C(CC1CCC1)NC(=O)c1cnc(N2CC(F)(F)C2)c(OCC2CC2)n1. The Kier molecular flexibility index (Phi) is 5.26. The lowest BCUT2D eigenvalue weighted by Gasteiger charge is -2.39. The molecule has 3 aliphatic rings. The third kappa shape index (κ3) is 4.73. The van der Waals surface area contributed by atoms with Crippen LogP contribution in [0.15, 0.2) is 6.20 Å². The minimum atomic E-state index is -2.76. The Morgan fingerprint density at radius 2 is 2.00 bits per heavy atom. The number of carbonyl (C=O) groups excluding carboxylic acids is 2. The molecule has 8 nitrogen and oxygen atoms in total. The maximum absolute atomic E-state index is 13.3. The van der Waals surface area contributed by atoms with E-state index < -0.39 is 36.9 Å². The summed E-state index contributed by atoms with van der Waals surface area (Å²) in [7, 11) is 0. The van der Waals surface area contributed by atoms with Crippen LogP contribution in [0.25, 0.3) is 0 Å². The minimum Gasteiger partial charge on any atom is -0.475 e. The topological polar surface area (TPSA) is 110 Å². The molecule has 0 radical (unpaired) electrons. The zero-order chi connectivity index (χ0) is 20.6. The molecule has 158 valence electrons. The van der Waals surface area contributed by atoms with E-state index >= 15 is 0 Å². The number of nitrogens with two attached hydrogens (primary N) is 1. The van der Waals surface area contributed by atoms with Gasteiger partial charge in [0.25, 0.3) is 17.7 Å². The van der Waals surface area contributed by atoms with Crippen LogP contribution in [0.4, 0.5) is 14.6 Å². The average Bonchev–Trinajstić information content (AvgIpc) is 3.43. The zero-order valence-corrected chi connectivity index (χ0v) is 16.1. The molecule has 2 amide bonds. The lowest BCUT2D eigenvalue weighted by atomic mass is 9.80. The summed E-state index contributed by atoms with van der Waals surface area (Å²) in [5, 5.41) is 2.62. The second-order valence-corrected chi connectivity index (χ2v) is 8.31. The first-order chi connectivity index (χ1) is 13.8. The number of halogens is 2. The van der Waals surface area contributed by atoms with Gasteiger partial charge in [0.05, 0.1) is 25.9 Å². The number of nitrogens with zero attached hydrogens (tertiary/aromatic N) is 3. The number of primary amides is 1. The number of ether oxygens (including phenoxy) is 1. The molecule has 0 spiro atoms. The van der Waals surface area contributed by atoms with Crippen LogP contribution in [0, 0.1) is 11.8 Å². The standard InChI is InChI=1S/C19H25F2N5O3/c20-19(21)9-26(10-19)16-18(29-8-12-4-5-12)25-14(7-23-16)17(28)24-13(15(22)27)6-11-2-1-3-11/h7,11-13H,1-6,8-10H2,(H2,22,27)(H,24,28). The molecule has 4 rings (SSSR count). The summed E-state index contributed by atoms with van der Waals surface area (Å²) >= 11 is 0. The van der Waals surface area contributed by atoms with Gasteiger partial charge in [-0.15, -0.1) is 0 Å². The molecule has 10 heteroatoms. The molecule has 3 N–H and O–H groups in total. The van der Waals surface area contributed by atoms with Crippen LogP contribution < -0.4 is 20.7 Å². The Labute approximate surface area is 167 Å². The van der Waals surface area contributed by atoms with Gasteiger partial charge < -0.3 is 20.7 Å². The largest absolute Gasteiger partial charge is 0.475 e. The number of hydrogen-bond acceptors (Lipinski definition) is 6. The molecule has 0 aromatic carbocycles. The molecular formula is C19H25F2N5O3. The van der Waals surface area contributed by atoms with E-state index in [0.29, 0.717) is 24.9 Å². The molecule has 2 aliphatic carbocycles. The van der Waals surface area contributed by atoms with Gasteiger partial charge in [-0.05, 0) is 31.1 Å². The van der Waals surface area contributed by atoms with Crippen LogP contribution >= 0.6 is 0 Å². The van der Waals surface area contributed by atoms with Crippen molar-refractivity contribution in [2.75, 3.05) is 24.6 Å². The van der Waals surface area contributed by atoms with Gasteiger partial charge in [0.15, 0.2) is 11.5 Å². The molecule has 29 heavy (non-hydrogen) atoms. The molecule has 1 aliphatic heterocycles. The zero-order valence-electron chi connectivity index (χ0n) is 16.1. The number of alkyl halides is 2. The normalized spacial score (nSPS) is 21.7. The molecule has 1 saturated heterocycles. The van der Waals surface area contributed by atoms with Crippen molar-refractivity contribution in [2.45, 2.75) is 50.5 Å². The number of aromatic nitrogens is 2. The van der Waals surface area contributed by atoms with E-state index in [0.717, 1.165) is 32.1 Å². The molecule has 2 heterocycles. The molecule has 1 unspecified atom stereocenters. The summed E-state index contributed by atoms with van der Waals surface area (Å²) in [6.07, 6.45) is 6.97. The van der Waals surface area contributed by atoms with E-state index in [1.807, 2.05) is 0 Å². The van der Waals surface area contributed by atoms with E-state index in [1.165, 1.54) is 11.1 Å². The van der Waals surface area contributed by atoms with Crippen molar-refractivity contribution in [3.05, 3.63) is 11.9 Å². The maximum Gasteiger partial charge on any atom is 0.282 e. The number of hydrogen-bond donors (Lipinski definition) is 2. The molecule has 2 saturated carbocycles. The Balaban J connectivity index is 1.47. The van der Waals surface area contributed by atoms with Crippen molar-refractivity contribution in [1.29, 1.82) is 0 Å². The Morgan fingerprint density at radius 3 is 2.55 bits per heavy atom. The number of anilines is 1. The van der Waals surface area contributed by atoms with E-state index in [1.54, 1.807) is 0 Å². The van der Waals surface area contributed by atoms with Crippen LogP contribution in [0.3, 0.4) is 0 Å². The second-order valence-electron chi connectivity index (χ2n) is 8.31. The van der Waals surface area contributed by atoms with Crippen LogP contribution in [0.1, 0.15) is 49.0 Å². The van der Waals surface area contributed by atoms with E-state index in [4.69, 9.17) is 10.5 Å². The lowest BCUT2D eigenvalue weighted by Crippen LogP contribution is -2.56. The summed E-state index contributed by atoms with van der Waals surface area (Å²) in [6, 6.07) is -0.779. The summed E-state index contributed by atoms with van der Waals surface area (Å²) in [6.45, 7) is -0.515. The Hall–Kier alpha value is -2.52. The van der Waals surface area contributed by atoms with Gasteiger partial charge in [0.1, 0.15) is 6.04 Å². The van der Waals surface area contributed by atoms with E-state index in [-0.39, 0.29) is 17.4 Å². The van der Waals surface area contributed by atoms with Gasteiger partial charge in [-0.1, -0.05) is 19.3 Å². The molecular weight excluding hydrogens is 384 g/mol. The first-order valence-corrected chi connectivity index (χ1v) is 10.0.